The quantitative estimate of drug-likeness (QED) is 0.656. The number of nitrogens with one attached hydrogen (secondary N) is 1. The number of nitrogens with zero attached hydrogens (tertiary/aromatic N) is 2. The van der Waals surface area contributed by atoms with E-state index >= 15 is 0 Å². The van der Waals surface area contributed by atoms with E-state index in [1.54, 1.807) is 0 Å². The number of hydrogen-bond donors (Lipinski definition) is 2. The highest BCUT2D eigenvalue weighted by Crippen LogP contribution is 2.35. The van der Waals surface area contributed by atoms with E-state index < -0.39 is 0 Å². The van der Waals surface area contributed by atoms with Crippen LogP contribution in [0, 0.1) is 0 Å². The smallest absolute Gasteiger partial charge is 0.0644 e. The van der Waals surface area contributed by atoms with Crippen molar-refractivity contribution in [2.24, 2.45) is 5.84 Å². The van der Waals surface area contributed by atoms with Crippen molar-refractivity contribution >= 4 is 23.1 Å². The van der Waals surface area contributed by atoms with E-state index in [1.807, 2.05) is 34.0 Å². The molecule has 0 fully saturated rings. The number of nitrogens with two attached hydrogens (primary N) is 1. The lowest BCUT2D eigenvalue weighted by molar-refractivity contribution is 0.509. The minimum atomic E-state index is 0.154. The summed E-state index contributed by atoms with van der Waals surface area (Å²) in [5.41, 5.74) is 5.56. The summed E-state index contributed by atoms with van der Waals surface area (Å²) in [6.45, 7) is 4.28. The summed E-state index contributed by atoms with van der Waals surface area (Å²) in [6.07, 6.45) is 4.08. The number of fused-ring (bicyclic) bond motifs is 1. The van der Waals surface area contributed by atoms with Gasteiger partial charge in [0.2, 0.25) is 0 Å². The lowest BCUT2D eigenvalue weighted by Gasteiger charge is -2.12. The molecule has 0 aromatic carbocycles. The van der Waals surface area contributed by atoms with Gasteiger partial charge >= 0.3 is 0 Å². The standard InChI is InChI=1S/C15H22N4S2/c1-10(2)19-5-3-12(18-19)8-13(17-16)15-7-11-9-20-6-4-14(11)21-15/h3,5,7,10,13,17H,4,6,8-9,16H2,1-2H3. The van der Waals surface area contributed by atoms with Gasteiger partial charge in [0.15, 0.2) is 0 Å². The Bertz CT molecular complexity index is 579. The molecule has 0 spiro atoms. The summed E-state index contributed by atoms with van der Waals surface area (Å²) in [5.74, 6) is 8.18. The van der Waals surface area contributed by atoms with Crippen LogP contribution in [0.3, 0.4) is 0 Å². The molecule has 6 heteroatoms. The lowest BCUT2D eigenvalue weighted by Crippen LogP contribution is -2.29. The van der Waals surface area contributed by atoms with E-state index in [2.05, 4.69) is 36.5 Å². The monoisotopic (exact) mass is 322 g/mol. The van der Waals surface area contributed by atoms with Gasteiger partial charge in [-0.1, -0.05) is 0 Å². The number of rotatable bonds is 5. The van der Waals surface area contributed by atoms with Gasteiger partial charge in [0.05, 0.1) is 11.7 Å². The number of aromatic nitrogens is 2. The maximum Gasteiger partial charge on any atom is 0.0644 e. The van der Waals surface area contributed by atoms with Crippen molar-refractivity contribution in [2.45, 2.75) is 44.5 Å². The molecule has 21 heavy (non-hydrogen) atoms. The molecular weight excluding hydrogens is 300 g/mol. The molecule has 1 atom stereocenters. The highest BCUT2D eigenvalue weighted by molar-refractivity contribution is 7.98. The Hall–Kier alpha value is -0.820. The summed E-state index contributed by atoms with van der Waals surface area (Å²) < 4.78 is 2.00. The summed E-state index contributed by atoms with van der Waals surface area (Å²) in [4.78, 5) is 2.88. The van der Waals surface area contributed by atoms with E-state index in [0.717, 1.165) is 17.9 Å². The predicted molar refractivity (Wildman–Crippen MR) is 90.6 cm³/mol. The second-order valence-corrected chi connectivity index (χ2v) is 7.98. The molecule has 2 aromatic rings. The summed E-state index contributed by atoms with van der Waals surface area (Å²) >= 11 is 3.93. The molecule has 0 saturated heterocycles. The summed E-state index contributed by atoms with van der Waals surface area (Å²) in [6, 6.07) is 4.97. The SMILES string of the molecule is CC(C)n1ccc(CC(NN)c2cc3c(s2)CCSC3)n1. The Morgan fingerprint density at radius 1 is 1.48 bits per heavy atom. The van der Waals surface area contributed by atoms with Gasteiger partial charge < -0.3 is 0 Å². The number of thiophene rings is 1. The first-order chi connectivity index (χ1) is 10.2. The van der Waals surface area contributed by atoms with Gasteiger partial charge in [-0.15, -0.1) is 11.3 Å². The Morgan fingerprint density at radius 3 is 3.00 bits per heavy atom. The van der Waals surface area contributed by atoms with Crippen LogP contribution in [0.15, 0.2) is 18.3 Å². The molecule has 0 aliphatic carbocycles. The Balaban J connectivity index is 1.76. The number of aryl methyl sites for hydroxylation is 1. The van der Waals surface area contributed by atoms with Crippen molar-refractivity contribution < 1.29 is 0 Å². The summed E-state index contributed by atoms with van der Waals surface area (Å²) in [7, 11) is 0. The first-order valence-electron chi connectivity index (χ1n) is 7.36. The van der Waals surface area contributed by atoms with E-state index in [1.165, 1.54) is 27.5 Å². The van der Waals surface area contributed by atoms with Crippen LogP contribution < -0.4 is 11.3 Å². The van der Waals surface area contributed by atoms with Crippen LogP contribution in [-0.2, 0) is 18.6 Å². The maximum absolute atomic E-state index is 5.79. The number of thioether (sulfide) groups is 1. The first-order valence-corrected chi connectivity index (χ1v) is 9.34. The van der Waals surface area contributed by atoms with Crippen molar-refractivity contribution in [2.75, 3.05) is 5.75 Å². The Morgan fingerprint density at radius 2 is 2.33 bits per heavy atom. The van der Waals surface area contributed by atoms with Crippen molar-refractivity contribution in [1.82, 2.24) is 15.2 Å². The Kier molecular flexibility index (Phi) is 4.69. The minimum absolute atomic E-state index is 0.154. The molecule has 1 aliphatic rings. The molecular formula is C15H22N4S2. The molecule has 0 amide bonds. The topological polar surface area (TPSA) is 55.9 Å². The molecule has 0 saturated carbocycles. The molecule has 2 aromatic heterocycles. The van der Waals surface area contributed by atoms with Crippen LogP contribution in [0.4, 0.5) is 0 Å². The molecule has 3 heterocycles. The molecule has 0 radical (unpaired) electrons. The lowest BCUT2D eigenvalue weighted by atomic mass is 10.1. The fraction of sp³-hybridized carbons (Fsp3) is 0.533. The molecule has 4 nitrogen and oxygen atoms in total. The molecule has 1 unspecified atom stereocenters. The third kappa shape index (κ3) is 3.34. The van der Waals surface area contributed by atoms with Gasteiger partial charge in [0.25, 0.3) is 0 Å². The van der Waals surface area contributed by atoms with Crippen molar-refractivity contribution in [3.63, 3.8) is 0 Å². The van der Waals surface area contributed by atoms with Crippen molar-refractivity contribution in [3.05, 3.63) is 39.3 Å². The van der Waals surface area contributed by atoms with E-state index in [-0.39, 0.29) is 6.04 Å². The minimum Gasteiger partial charge on any atom is -0.271 e. The normalized spacial score (nSPS) is 16.2. The van der Waals surface area contributed by atoms with Gasteiger partial charge in [-0.2, -0.15) is 16.9 Å². The predicted octanol–water partition coefficient (Wildman–Crippen LogP) is 3.06. The van der Waals surface area contributed by atoms with E-state index in [9.17, 15) is 0 Å². The van der Waals surface area contributed by atoms with Gasteiger partial charge in [-0.25, -0.2) is 0 Å². The molecule has 1 aliphatic heterocycles. The van der Waals surface area contributed by atoms with Crippen LogP contribution in [0.1, 0.15) is 46.9 Å². The van der Waals surface area contributed by atoms with Crippen molar-refractivity contribution in [3.8, 4) is 0 Å². The highest BCUT2D eigenvalue weighted by atomic mass is 32.2. The van der Waals surface area contributed by atoms with Gasteiger partial charge in [-0.05, 0) is 43.7 Å². The third-order valence-electron chi connectivity index (χ3n) is 3.80. The van der Waals surface area contributed by atoms with E-state index in [4.69, 9.17) is 5.84 Å². The van der Waals surface area contributed by atoms with Gasteiger partial charge in [0.1, 0.15) is 0 Å². The zero-order chi connectivity index (χ0) is 14.8. The van der Waals surface area contributed by atoms with Crippen LogP contribution in [0.2, 0.25) is 0 Å². The zero-order valence-electron chi connectivity index (χ0n) is 12.5. The molecule has 0 bridgehead atoms. The van der Waals surface area contributed by atoms with Crippen LogP contribution in [0.25, 0.3) is 0 Å². The fourth-order valence-corrected chi connectivity index (χ4v) is 5.00. The highest BCUT2D eigenvalue weighted by Gasteiger charge is 2.20. The Labute approximate surface area is 134 Å². The van der Waals surface area contributed by atoms with Crippen LogP contribution >= 0.6 is 23.1 Å². The fourth-order valence-electron chi connectivity index (χ4n) is 2.57. The van der Waals surface area contributed by atoms with Crippen molar-refractivity contribution in [1.29, 1.82) is 0 Å². The number of hydrazine groups is 1. The first kappa shape index (κ1) is 15.1. The van der Waals surface area contributed by atoms with E-state index in [0.29, 0.717) is 6.04 Å². The second kappa shape index (κ2) is 6.52. The largest absolute Gasteiger partial charge is 0.271 e. The third-order valence-corrected chi connectivity index (χ3v) is 6.16. The zero-order valence-corrected chi connectivity index (χ0v) is 14.1. The van der Waals surface area contributed by atoms with Gasteiger partial charge in [0, 0.05) is 34.2 Å². The van der Waals surface area contributed by atoms with Crippen LogP contribution in [0.5, 0.6) is 0 Å². The number of hydrogen-bond acceptors (Lipinski definition) is 5. The maximum atomic E-state index is 5.79. The molecule has 3 rings (SSSR count). The molecule has 114 valence electrons. The average Bonchev–Trinajstić information content (AvgIpc) is 3.11. The molecule has 3 N–H and O–H groups in total. The average molecular weight is 323 g/mol. The van der Waals surface area contributed by atoms with Gasteiger partial charge in [-0.3, -0.25) is 16.0 Å². The summed E-state index contributed by atoms with van der Waals surface area (Å²) in [5, 5.41) is 4.63. The second-order valence-electron chi connectivity index (χ2n) is 5.70. The van der Waals surface area contributed by atoms with Crippen LogP contribution in [-0.4, -0.2) is 15.5 Å².